The summed E-state index contributed by atoms with van der Waals surface area (Å²) >= 11 is -1.09. The standard InChI is InChI=1S/C21H26N2OS/c1-15(22-25(24)21(2,3)4)17-11-12-18-19(14-23(5)20(18)13-17)16-9-7-6-8-10-16/h6-15,22H,1-5H3/t15?,25-/m1/s1. The molecule has 0 radical (unpaired) electrons. The Bertz CT molecular complexity index is 865. The second kappa shape index (κ2) is 6.87. The predicted molar refractivity (Wildman–Crippen MR) is 108 cm³/mol. The van der Waals surface area contributed by atoms with Gasteiger partial charge in [-0.3, -0.25) is 0 Å². The highest BCUT2D eigenvalue weighted by Crippen LogP contribution is 2.32. The fourth-order valence-corrected chi connectivity index (χ4v) is 3.73. The maximum Gasteiger partial charge on any atom is 0.136 e. The molecular formula is C21H26N2OS. The van der Waals surface area contributed by atoms with E-state index in [1.165, 1.54) is 22.0 Å². The molecule has 1 N–H and O–H groups in total. The summed E-state index contributed by atoms with van der Waals surface area (Å²) in [5.74, 6) is 0. The quantitative estimate of drug-likeness (QED) is 0.673. The molecule has 0 fully saturated rings. The van der Waals surface area contributed by atoms with E-state index in [1.807, 2.05) is 26.8 Å². The lowest BCUT2D eigenvalue weighted by atomic mass is 10.0. The van der Waals surface area contributed by atoms with Gasteiger partial charge in [-0.2, -0.15) is 0 Å². The van der Waals surface area contributed by atoms with Crippen LogP contribution in [0.2, 0.25) is 0 Å². The van der Waals surface area contributed by atoms with E-state index < -0.39 is 11.4 Å². The minimum atomic E-state index is -1.09. The topological polar surface area (TPSA) is 40.0 Å². The van der Waals surface area contributed by atoms with Gasteiger partial charge in [-0.1, -0.05) is 42.5 Å². The molecule has 0 spiro atoms. The van der Waals surface area contributed by atoms with E-state index in [4.69, 9.17) is 0 Å². The molecule has 0 aliphatic heterocycles. The zero-order chi connectivity index (χ0) is 18.2. The fraction of sp³-hybridized carbons (Fsp3) is 0.333. The molecule has 1 aromatic heterocycles. The van der Waals surface area contributed by atoms with Crippen molar-refractivity contribution in [2.75, 3.05) is 0 Å². The average molecular weight is 355 g/mol. The molecular weight excluding hydrogens is 328 g/mol. The van der Waals surface area contributed by atoms with Gasteiger partial charge < -0.3 is 9.12 Å². The van der Waals surface area contributed by atoms with E-state index >= 15 is 0 Å². The highest BCUT2D eigenvalue weighted by molar-refractivity contribution is 7.90. The van der Waals surface area contributed by atoms with Crippen LogP contribution < -0.4 is 4.72 Å². The molecule has 132 valence electrons. The Morgan fingerprint density at radius 3 is 2.40 bits per heavy atom. The predicted octanol–water partition coefficient (Wildman–Crippen LogP) is 4.96. The second-order valence-electron chi connectivity index (χ2n) is 7.52. The molecule has 2 atom stereocenters. The van der Waals surface area contributed by atoms with Gasteiger partial charge in [-0.05, 0) is 44.9 Å². The lowest BCUT2D eigenvalue weighted by molar-refractivity contribution is 0.531. The van der Waals surface area contributed by atoms with Crippen LogP contribution in [0.5, 0.6) is 0 Å². The monoisotopic (exact) mass is 354 g/mol. The molecule has 25 heavy (non-hydrogen) atoms. The van der Waals surface area contributed by atoms with Crippen LogP contribution in [0, 0.1) is 0 Å². The van der Waals surface area contributed by atoms with Crippen molar-refractivity contribution in [2.45, 2.75) is 38.5 Å². The van der Waals surface area contributed by atoms with E-state index in [2.05, 4.69) is 71.9 Å². The van der Waals surface area contributed by atoms with Crippen LogP contribution in [-0.2, 0) is 18.4 Å². The van der Waals surface area contributed by atoms with Crippen molar-refractivity contribution in [3.8, 4) is 11.1 Å². The maximum atomic E-state index is 12.4. The first kappa shape index (κ1) is 18.1. The Balaban J connectivity index is 1.95. The number of hydrogen-bond acceptors (Lipinski definition) is 2. The number of hydrogen-bond donors (Lipinski definition) is 1. The van der Waals surface area contributed by atoms with Crippen LogP contribution in [0.25, 0.3) is 22.0 Å². The summed E-state index contributed by atoms with van der Waals surface area (Å²) in [5, 5.41) is 1.24. The summed E-state index contributed by atoms with van der Waals surface area (Å²) in [6.07, 6.45) is 2.18. The maximum absolute atomic E-state index is 12.4. The van der Waals surface area contributed by atoms with E-state index in [9.17, 15) is 4.55 Å². The zero-order valence-corrected chi connectivity index (χ0v) is 16.4. The molecule has 3 aromatic rings. The number of aromatic nitrogens is 1. The summed E-state index contributed by atoms with van der Waals surface area (Å²) in [7, 11) is 2.07. The van der Waals surface area contributed by atoms with Gasteiger partial charge in [0, 0.05) is 41.1 Å². The largest absolute Gasteiger partial charge is 0.598 e. The van der Waals surface area contributed by atoms with Gasteiger partial charge in [0.15, 0.2) is 0 Å². The van der Waals surface area contributed by atoms with Crippen LogP contribution >= 0.6 is 0 Å². The van der Waals surface area contributed by atoms with Crippen molar-refractivity contribution >= 4 is 22.3 Å². The summed E-state index contributed by atoms with van der Waals surface area (Å²) in [4.78, 5) is 0. The molecule has 0 saturated carbocycles. The number of fused-ring (bicyclic) bond motifs is 1. The Morgan fingerprint density at radius 1 is 1.08 bits per heavy atom. The van der Waals surface area contributed by atoms with Gasteiger partial charge in [0.05, 0.1) is 6.04 Å². The van der Waals surface area contributed by atoms with Gasteiger partial charge in [0.25, 0.3) is 0 Å². The second-order valence-corrected chi connectivity index (χ2v) is 9.51. The van der Waals surface area contributed by atoms with Crippen molar-refractivity contribution in [3.05, 3.63) is 60.3 Å². The minimum absolute atomic E-state index is 0.0273. The van der Waals surface area contributed by atoms with E-state index in [0.717, 1.165) is 5.56 Å². The Labute approximate surface area is 153 Å². The van der Waals surface area contributed by atoms with Crippen molar-refractivity contribution in [1.82, 2.24) is 9.29 Å². The Hall–Kier alpha value is -1.75. The lowest BCUT2D eigenvalue weighted by Crippen LogP contribution is -2.40. The van der Waals surface area contributed by atoms with Crippen LogP contribution in [0.1, 0.15) is 39.3 Å². The summed E-state index contributed by atoms with van der Waals surface area (Å²) < 4.78 is 17.5. The summed E-state index contributed by atoms with van der Waals surface area (Å²) in [6.45, 7) is 8.01. The van der Waals surface area contributed by atoms with Crippen molar-refractivity contribution < 1.29 is 4.55 Å². The van der Waals surface area contributed by atoms with Gasteiger partial charge >= 0.3 is 0 Å². The number of benzene rings is 2. The molecule has 3 rings (SSSR count). The molecule has 1 heterocycles. The highest BCUT2D eigenvalue weighted by Gasteiger charge is 2.28. The first-order chi connectivity index (χ1) is 11.8. The smallest absolute Gasteiger partial charge is 0.136 e. The SMILES string of the molecule is CC(N[S@+]([O-])C(C)(C)C)c1ccc2c(-c3ccccc3)cn(C)c2c1. The van der Waals surface area contributed by atoms with Gasteiger partial charge in [-0.15, -0.1) is 4.72 Å². The summed E-state index contributed by atoms with van der Waals surface area (Å²) in [5.41, 5.74) is 4.79. The van der Waals surface area contributed by atoms with E-state index in [-0.39, 0.29) is 10.8 Å². The molecule has 0 saturated heterocycles. The Kier molecular flexibility index (Phi) is 4.96. The van der Waals surface area contributed by atoms with E-state index in [1.54, 1.807) is 0 Å². The van der Waals surface area contributed by atoms with Crippen molar-refractivity contribution in [1.29, 1.82) is 0 Å². The average Bonchev–Trinajstić information content (AvgIpc) is 2.91. The molecule has 0 amide bonds. The Morgan fingerprint density at radius 2 is 1.76 bits per heavy atom. The van der Waals surface area contributed by atoms with Gasteiger partial charge in [0.2, 0.25) is 0 Å². The molecule has 1 unspecified atom stereocenters. The van der Waals surface area contributed by atoms with Crippen LogP contribution in [0.15, 0.2) is 54.7 Å². The van der Waals surface area contributed by atoms with Gasteiger partial charge in [0.1, 0.15) is 4.75 Å². The highest BCUT2D eigenvalue weighted by atomic mass is 32.2. The number of nitrogens with one attached hydrogen (secondary N) is 1. The zero-order valence-electron chi connectivity index (χ0n) is 15.5. The minimum Gasteiger partial charge on any atom is -0.598 e. The van der Waals surface area contributed by atoms with Crippen molar-refractivity contribution in [3.63, 3.8) is 0 Å². The third-order valence-corrected chi connectivity index (χ3v) is 6.12. The van der Waals surface area contributed by atoms with Crippen LogP contribution in [0.3, 0.4) is 0 Å². The molecule has 2 aromatic carbocycles. The molecule has 0 bridgehead atoms. The van der Waals surface area contributed by atoms with E-state index in [0.29, 0.717) is 0 Å². The third kappa shape index (κ3) is 3.76. The fourth-order valence-electron chi connectivity index (χ4n) is 2.92. The summed E-state index contributed by atoms with van der Waals surface area (Å²) in [6, 6.07) is 17.0. The third-order valence-electron chi connectivity index (χ3n) is 4.44. The van der Waals surface area contributed by atoms with Crippen LogP contribution in [-0.4, -0.2) is 13.9 Å². The first-order valence-electron chi connectivity index (χ1n) is 8.60. The number of aryl methyl sites for hydroxylation is 1. The lowest BCUT2D eigenvalue weighted by Gasteiger charge is -2.26. The molecule has 0 aliphatic rings. The van der Waals surface area contributed by atoms with Gasteiger partial charge in [-0.25, -0.2) is 0 Å². The first-order valence-corrected chi connectivity index (χ1v) is 9.75. The number of nitrogens with zero attached hydrogens (tertiary/aromatic N) is 1. The molecule has 3 nitrogen and oxygen atoms in total. The molecule has 4 heteroatoms. The number of rotatable bonds is 4. The normalized spacial score (nSPS) is 14.6. The molecule has 0 aliphatic carbocycles. The van der Waals surface area contributed by atoms with Crippen molar-refractivity contribution in [2.24, 2.45) is 7.05 Å². The van der Waals surface area contributed by atoms with Crippen LogP contribution in [0.4, 0.5) is 0 Å².